The number of carbonyl (C=O) groups is 1. The van der Waals surface area contributed by atoms with Crippen molar-refractivity contribution in [3.8, 4) is 11.5 Å². The molecule has 2 aromatic carbocycles. The van der Waals surface area contributed by atoms with Crippen molar-refractivity contribution in [3.63, 3.8) is 0 Å². The summed E-state index contributed by atoms with van der Waals surface area (Å²) in [5, 5.41) is 16.2. The van der Waals surface area contributed by atoms with Gasteiger partial charge in [0.2, 0.25) is 0 Å². The molecule has 5 rings (SSSR count). The average molecular weight is 494 g/mol. The third-order valence-corrected chi connectivity index (χ3v) is 6.57. The minimum absolute atomic E-state index is 0.110. The van der Waals surface area contributed by atoms with E-state index in [0.717, 1.165) is 0 Å². The van der Waals surface area contributed by atoms with Crippen molar-refractivity contribution in [2.75, 3.05) is 13.1 Å². The number of rotatable bonds is 5. The van der Waals surface area contributed by atoms with E-state index in [4.69, 9.17) is 16.3 Å². The maximum atomic E-state index is 13.0. The molecule has 0 aliphatic carbocycles. The zero-order valence-electron chi connectivity index (χ0n) is 19.1. The predicted octanol–water partition coefficient (Wildman–Crippen LogP) is 3.24. The summed E-state index contributed by atoms with van der Waals surface area (Å²) in [6.45, 7) is 0.883. The van der Waals surface area contributed by atoms with Crippen LogP contribution in [0.5, 0.6) is 11.5 Å². The molecule has 180 valence electrons. The molecule has 1 aliphatic heterocycles. The maximum absolute atomic E-state index is 13.0. The van der Waals surface area contributed by atoms with Gasteiger partial charge in [0.15, 0.2) is 5.65 Å². The smallest absolute Gasteiger partial charge is 0.264 e. The number of hydrogen-bond acceptors (Lipinski definition) is 6. The standard InChI is InChI=1S/C25H24ClN5O4/c1-29-22-21(14-28-29)24(33)31(16-27-22)15-25(34)10-12-30(13-11-25)23(32)17-2-6-19(7-3-17)35-20-8-4-18(26)5-9-20/h2-9,14,16,34H,10-13,15H2,1H3. The van der Waals surface area contributed by atoms with Gasteiger partial charge in [0.1, 0.15) is 23.2 Å². The van der Waals surface area contributed by atoms with E-state index in [1.165, 1.54) is 21.8 Å². The number of aliphatic hydroxyl groups is 1. The number of amides is 1. The molecular formula is C25H24ClN5O4. The second-order valence-corrected chi connectivity index (χ2v) is 9.22. The van der Waals surface area contributed by atoms with Crippen LogP contribution >= 0.6 is 11.6 Å². The molecule has 0 atom stereocenters. The molecule has 0 spiro atoms. The highest BCUT2D eigenvalue weighted by molar-refractivity contribution is 6.30. The van der Waals surface area contributed by atoms with Crippen molar-refractivity contribution in [2.45, 2.75) is 25.0 Å². The van der Waals surface area contributed by atoms with Gasteiger partial charge in [-0.1, -0.05) is 11.6 Å². The summed E-state index contributed by atoms with van der Waals surface area (Å²) in [6, 6.07) is 14.0. The highest BCUT2D eigenvalue weighted by Crippen LogP contribution is 2.27. The third kappa shape index (κ3) is 4.78. The molecular weight excluding hydrogens is 470 g/mol. The maximum Gasteiger partial charge on any atom is 0.264 e. The van der Waals surface area contributed by atoms with Gasteiger partial charge < -0.3 is 14.7 Å². The average Bonchev–Trinajstić information content (AvgIpc) is 3.24. The molecule has 3 heterocycles. The number of carbonyl (C=O) groups excluding carboxylic acids is 1. The van der Waals surface area contributed by atoms with Crippen LogP contribution in [0, 0.1) is 0 Å². The Bertz CT molecular complexity index is 1420. The zero-order valence-corrected chi connectivity index (χ0v) is 19.9. The van der Waals surface area contributed by atoms with E-state index in [-0.39, 0.29) is 18.0 Å². The number of fused-ring (bicyclic) bond motifs is 1. The van der Waals surface area contributed by atoms with Crippen molar-refractivity contribution in [2.24, 2.45) is 7.05 Å². The molecule has 0 saturated carbocycles. The van der Waals surface area contributed by atoms with Crippen molar-refractivity contribution in [3.05, 3.63) is 82.0 Å². The lowest BCUT2D eigenvalue weighted by Crippen LogP contribution is -2.49. The number of nitrogens with zero attached hydrogens (tertiary/aromatic N) is 5. The second kappa shape index (κ2) is 9.16. The van der Waals surface area contributed by atoms with Crippen LogP contribution in [0.2, 0.25) is 5.02 Å². The fourth-order valence-corrected chi connectivity index (χ4v) is 4.39. The Morgan fingerprint density at radius 2 is 1.71 bits per heavy atom. The molecule has 0 unspecified atom stereocenters. The van der Waals surface area contributed by atoms with E-state index in [9.17, 15) is 14.7 Å². The first kappa shape index (κ1) is 23.1. The van der Waals surface area contributed by atoms with Crippen LogP contribution in [0.3, 0.4) is 0 Å². The summed E-state index contributed by atoms with van der Waals surface area (Å²) in [6.07, 6.45) is 3.63. The molecule has 9 nitrogen and oxygen atoms in total. The molecule has 1 N–H and O–H groups in total. The molecule has 4 aromatic rings. The van der Waals surface area contributed by atoms with E-state index < -0.39 is 5.60 Å². The van der Waals surface area contributed by atoms with Gasteiger partial charge in [-0.15, -0.1) is 0 Å². The van der Waals surface area contributed by atoms with Gasteiger partial charge in [0.25, 0.3) is 11.5 Å². The van der Waals surface area contributed by atoms with E-state index in [0.29, 0.717) is 59.0 Å². The summed E-state index contributed by atoms with van der Waals surface area (Å²) in [4.78, 5) is 31.8. The fraction of sp³-hybridized carbons (Fsp3) is 0.280. The van der Waals surface area contributed by atoms with Crippen LogP contribution in [0.25, 0.3) is 11.0 Å². The van der Waals surface area contributed by atoms with Gasteiger partial charge in [-0.05, 0) is 61.4 Å². The van der Waals surface area contributed by atoms with Crippen LogP contribution in [-0.2, 0) is 13.6 Å². The Morgan fingerprint density at radius 1 is 1.09 bits per heavy atom. The molecule has 1 saturated heterocycles. The summed E-state index contributed by atoms with van der Waals surface area (Å²) in [5.41, 5.74) is -0.297. The van der Waals surface area contributed by atoms with Crippen LogP contribution in [0.4, 0.5) is 0 Å². The van der Waals surface area contributed by atoms with Crippen molar-refractivity contribution >= 4 is 28.5 Å². The summed E-state index contributed by atoms with van der Waals surface area (Å²) >= 11 is 5.90. The van der Waals surface area contributed by atoms with Crippen molar-refractivity contribution in [1.82, 2.24) is 24.2 Å². The largest absolute Gasteiger partial charge is 0.457 e. The lowest BCUT2D eigenvalue weighted by Gasteiger charge is -2.38. The molecule has 2 aromatic heterocycles. The first-order valence-corrected chi connectivity index (χ1v) is 11.6. The number of hydrogen-bond donors (Lipinski definition) is 1. The molecule has 1 amide bonds. The molecule has 1 fully saturated rings. The molecule has 1 aliphatic rings. The van der Waals surface area contributed by atoms with Gasteiger partial charge in [-0.25, -0.2) is 4.98 Å². The van der Waals surface area contributed by atoms with Gasteiger partial charge >= 0.3 is 0 Å². The zero-order chi connectivity index (χ0) is 24.6. The molecule has 0 bridgehead atoms. The van der Waals surface area contributed by atoms with Gasteiger partial charge in [0.05, 0.1) is 18.3 Å². The quantitative estimate of drug-likeness (QED) is 0.458. The van der Waals surface area contributed by atoms with Crippen LogP contribution in [0.1, 0.15) is 23.2 Å². The van der Waals surface area contributed by atoms with E-state index in [1.54, 1.807) is 60.5 Å². The number of aromatic nitrogens is 4. The number of aryl methyl sites for hydroxylation is 1. The van der Waals surface area contributed by atoms with Crippen LogP contribution in [0.15, 0.2) is 65.8 Å². The van der Waals surface area contributed by atoms with Gasteiger partial charge in [-0.3, -0.25) is 18.8 Å². The number of halogens is 1. The lowest BCUT2D eigenvalue weighted by molar-refractivity contribution is -0.0299. The number of benzene rings is 2. The number of ether oxygens (including phenoxy) is 1. The fourth-order valence-electron chi connectivity index (χ4n) is 4.27. The monoisotopic (exact) mass is 493 g/mol. The summed E-state index contributed by atoms with van der Waals surface area (Å²) in [5.74, 6) is 1.16. The SMILES string of the molecule is Cn1ncc2c(=O)n(CC3(O)CCN(C(=O)c4ccc(Oc5ccc(Cl)cc5)cc4)CC3)cnc21. The van der Waals surface area contributed by atoms with Crippen LogP contribution < -0.4 is 10.3 Å². The van der Waals surface area contributed by atoms with E-state index in [2.05, 4.69) is 10.1 Å². The van der Waals surface area contributed by atoms with Gasteiger partial charge in [0, 0.05) is 30.7 Å². The lowest BCUT2D eigenvalue weighted by atomic mass is 9.91. The Hall–Kier alpha value is -3.69. The van der Waals surface area contributed by atoms with E-state index >= 15 is 0 Å². The van der Waals surface area contributed by atoms with Crippen molar-refractivity contribution in [1.29, 1.82) is 0 Å². The Morgan fingerprint density at radius 3 is 2.37 bits per heavy atom. The van der Waals surface area contributed by atoms with Crippen molar-refractivity contribution < 1.29 is 14.6 Å². The minimum Gasteiger partial charge on any atom is -0.457 e. The molecule has 35 heavy (non-hydrogen) atoms. The highest BCUT2D eigenvalue weighted by Gasteiger charge is 2.35. The predicted molar refractivity (Wildman–Crippen MR) is 131 cm³/mol. The number of piperidine rings is 1. The molecule has 0 radical (unpaired) electrons. The summed E-state index contributed by atoms with van der Waals surface area (Å²) < 4.78 is 8.74. The topological polar surface area (TPSA) is 102 Å². The normalized spacial score (nSPS) is 15.3. The second-order valence-electron chi connectivity index (χ2n) is 8.78. The van der Waals surface area contributed by atoms with Crippen LogP contribution in [-0.4, -0.2) is 53.9 Å². The Kier molecular flexibility index (Phi) is 6.04. The van der Waals surface area contributed by atoms with Gasteiger partial charge in [-0.2, -0.15) is 5.10 Å². The summed E-state index contributed by atoms with van der Waals surface area (Å²) in [7, 11) is 1.72. The Balaban J connectivity index is 1.21. The third-order valence-electron chi connectivity index (χ3n) is 6.31. The highest BCUT2D eigenvalue weighted by atomic mass is 35.5. The first-order valence-electron chi connectivity index (χ1n) is 11.2. The minimum atomic E-state index is -1.10. The number of likely N-dealkylation sites (tertiary alicyclic amines) is 1. The van der Waals surface area contributed by atoms with E-state index in [1.807, 2.05) is 0 Å². The first-order chi connectivity index (χ1) is 16.8. The molecule has 10 heteroatoms. The Labute approximate surface area is 206 Å².